The van der Waals surface area contributed by atoms with E-state index in [1.807, 2.05) is 24.3 Å². The molecule has 0 spiro atoms. The van der Waals surface area contributed by atoms with Gasteiger partial charge >= 0.3 is 5.97 Å². The zero-order valence-electron chi connectivity index (χ0n) is 10.9. The maximum atomic E-state index is 10.6. The second-order valence-corrected chi connectivity index (χ2v) is 5.34. The Balaban J connectivity index is 2.62. The summed E-state index contributed by atoms with van der Waals surface area (Å²) in [6, 6.07) is 7.70. The van der Waals surface area contributed by atoms with Gasteiger partial charge < -0.3 is 5.11 Å². The Bertz CT molecular complexity index is 393. The number of carboxylic acids is 1. The lowest BCUT2D eigenvalue weighted by molar-refractivity contribution is -0.137. The molecule has 0 saturated carbocycles. The number of benzene rings is 1. The Morgan fingerprint density at radius 2 is 2.17 bits per heavy atom. The lowest BCUT2D eigenvalue weighted by atomic mass is 10.1. The molecule has 0 bridgehead atoms. The molecule has 0 aliphatic heterocycles. The van der Waals surface area contributed by atoms with Gasteiger partial charge in [0.1, 0.15) is 0 Å². The lowest BCUT2D eigenvalue weighted by Crippen LogP contribution is -2.29. The van der Waals surface area contributed by atoms with Crippen molar-refractivity contribution in [1.82, 2.24) is 4.90 Å². The summed E-state index contributed by atoms with van der Waals surface area (Å²) in [6.45, 7) is 6.46. The summed E-state index contributed by atoms with van der Waals surface area (Å²) in [5, 5.41) is 9.48. The molecule has 0 radical (unpaired) electrons. The van der Waals surface area contributed by atoms with Gasteiger partial charge in [0.25, 0.3) is 0 Å². The Labute approximate surface area is 113 Å². The quantitative estimate of drug-likeness (QED) is 0.826. The summed E-state index contributed by atoms with van der Waals surface area (Å²) in [6.07, 6.45) is 0.174. The molecule has 0 saturated heterocycles. The van der Waals surface area contributed by atoms with Gasteiger partial charge in [0.15, 0.2) is 0 Å². The van der Waals surface area contributed by atoms with Crippen molar-refractivity contribution in [2.45, 2.75) is 26.8 Å². The standard InChI is InChI=1S/C14H20ClNO2/c1-11(2)9-16(7-6-14(17)18)10-12-4-3-5-13(15)8-12/h3-5,8,11H,6-7,9-10H2,1-2H3,(H,17,18). The number of carboxylic acid groups (broad SMARTS) is 1. The van der Waals surface area contributed by atoms with E-state index in [9.17, 15) is 4.79 Å². The second-order valence-electron chi connectivity index (χ2n) is 4.90. The number of nitrogens with zero attached hydrogens (tertiary/aromatic N) is 1. The van der Waals surface area contributed by atoms with Crippen LogP contribution in [0.1, 0.15) is 25.8 Å². The van der Waals surface area contributed by atoms with Crippen molar-refractivity contribution < 1.29 is 9.90 Å². The number of hydrogen-bond donors (Lipinski definition) is 1. The van der Waals surface area contributed by atoms with Crippen LogP contribution in [-0.4, -0.2) is 29.1 Å². The van der Waals surface area contributed by atoms with Gasteiger partial charge in [-0.1, -0.05) is 37.6 Å². The molecular weight excluding hydrogens is 250 g/mol. The highest BCUT2D eigenvalue weighted by atomic mass is 35.5. The van der Waals surface area contributed by atoms with Crippen LogP contribution in [0.3, 0.4) is 0 Å². The number of hydrogen-bond acceptors (Lipinski definition) is 2. The topological polar surface area (TPSA) is 40.5 Å². The van der Waals surface area contributed by atoms with Gasteiger partial charge in [-0.3, -0.25) is 9.69 Å². The van der Waals surface area contributed by atoms with Crippen molar-refractivity contribution >= 4 is 17.6 Å². The summed E-state index contributed by atoms with van der Waals surface area (Å²) in [4.78, 5) is 12.8. The van der Waals surface area contributed by atoms with E-state index in [1.165, 1.54) is 0 Å². The van der Waals surface area contributed by atoms with Crippen molar-refractivity contribution in [3.05, 3.63) is 34.9 Å². The molecule has 0 fully saturated rings. The molecule has 3 nitrogen and oxygen atoms in total. The van der Waals surface area contributed by atoms with Crippen LogP contribution in [0.15, 0.2) is 24.3 Å². The highest BCUT2D eigenvalue weighted by Crippen LogP contribution is 2.13. The molecule has 4 heteroatoms. The number of halogens is 1. The second kappa shape index (κ2) is 7.39. The van der Waals surface area contributed by atoms with Crippen LogP contribution in [-0.2, 0) is 11.3 Å². The van der Waals surface area contributed by atoms with Crippen LogP contribution >= 0.6 is 11.6 Å². The molecule has 0 heterocycles. The van der Waals surface area contributed by atoms with Crippen LogP contribution < -0.4 is 0 Å². The summed E-state index contributed by atoms with van der Waals surface area (Å²) < 4.78 is 0. The Morgan fingerprint density at radius 1 is 1.44 bits per heavy atom. The fourth-order valence-electron chi connectivity index (χ4n) is 1.90. The smallest absolute Gasteiger partial charge is 0.304 e. The fraction of sp³-hybridized carbons (Fsp3) is 0.500. The minimum absolute atomic E-state index is 0.174. The van der Waals surface area contributed by atoms with Crippen LogP contribution in [0.4, 0.5) is 0 Å². The fourth-order valence-corrected chi connectivity index (χ4v) is 2.11. The van der Waals surface area contributed by atoms with E-state index in [4.69, 9.17) is 16.7 Å². The minimum Gasteiger partial charge on any atom is -0.481 e. The van der Waals surface area contributed by atoms with Crippen molar-refractivity contribution in [2.75, 3.05) is 13.1 Å². The van der Waals surface area contributed by atoms with E-state index in [-0.39, 0.29) is 6.42 Å². The molecule has 0 aliphatic rings. The number of rotatable bonds is 7. The van der Waals surface area contributed by atoms with E-state index in [0.29, 0.717) is 12.5 Å². The van der Waals surface area contributed by atoms with Crippen molar-refractivity contribution in [1.29, 1.82) is 0 Å². The molecule has 1 rings (SSSR count). The third kappa shape index (κ3) is 6.03. The molecule has 1 aromatic carbocycles. The van der Waals surface area contributed by atoms with Gasteiger partial charge in [-0.2, -0.15) is 0 Å². The average molecular weight is 270 g/mol. The predicted octanol–water partition coefficient (Wildman–Crippen LogP) is 3.27. The zero-order chi connectivity index (χ0) is 13.5. The van der Waals surface area contributed by atoms with E-state index in [2.05, 4.69) is 18.7 Å². The molecule has 100 valence electrons. The first kappa shape index (κ1) is 15.0. The first-order valence-corrected chi connectivity index (χ1v) is 6.53. The molecule has 18 heavy (non-hydrogen) atoms. The summed E-state index contributed by atoms with van der Waals surface area (Å²) in [7, 11) is 0. The molecule has 1 aromatic rings. The molecule has 0 atom stereocenters. The maximum Gasteiger partial charge on any atom is 0.304 e. The van der Waals surface area contributed by atoms with Gasteiger partial charge in [-0.25, -0.2) is 0 Å². The van der Waals surface area contributed by atoms with Gasteiger partial charge in [0.05, 0.1) is 6.42 Å². The van der Waals surface area contributed by atoms with E-state index in [1.54, 1.807) is 0 Å². The first-order chi connectivity index (χ1) is 8.47. The van der Waals surface area contributed by atoms with Crippen LogP contribution in [0.25, 0.3) is 0 Å². The molecule has 0 aromatic heterocycles. The summed E-state index contributed by atoms with van der Waals surface area (Å²) >= 11 is 5.95. The lowest BCUT2D eigenvalue weighted by Gasteiger charge is -2.23. The summed E-state index contributed by atoms with van der Waals surface area (Å²) in [5.41, 5.74) is 1.12. The summed E-state index contributed by atoms with van der Waals surface area (Å²) in [5.74, 6) is -0.243. The Morgan fingerprint density at radius 3 is 2.72 bits per heavy atom. The maximum absolute atomic E-state index is 10.6. The average Bonchev–Trinajstić information content (AvgIpc) is 2.25. The Kier molecular flexibility index (Phi) is 6.16. The third-order valence-corrected chi connectivity index (χ3v) is 2.80. The molecule has 1 N–H and O–H groups in total. The monoisotopic (exact) mass is 269 g/mol. The highest BCUT2D eigenvalue weighted by molar-refractivity contribution is 6.30. The number of carbonyl (C=O) groups is 1. The van der Waals surface area contributed by atoms with Gasteiger partial charge in [-0.05, 0) is 23.6 Å². The third-order valence-electron chi connectivity index (χ3n) is 2.56. The van der Waals surface area contributed by atoms with Gasteiger partial charge in [0.2, 0.25) is 0 Å². The largest absolute Gasteiger partial charge is 0.481 e. The van der Waals surface area contributed by atoms with E-state index in [0.717, 1.165) is 23.7 Å². The SMILES string of the molecule is CC(C)CN(CCC(=O)O)Cc1cccc(Cl)c1. The van der Waals surface area contributed by atoms with Crippen molar-refractivity contribution in [3.63, 3.8) is 0 Å². The zero-order valence-corrected chi connectivity index (χ0v) is 11.7. The molecule has 0 unspecified atom stereocenters. The van der Waals surface area contributed by atoms with Gasteiger partial charge in [0, 0.05) is 24.7 Å². The van der Waals surface area contributed by atoms with Crippen LogP contribution in [0, 0.1) is 5.92 Å². The predicted molar refractivity (Wildman–Crippen MR) is 73.8 cm³/mol. The van der Waals surface area contributed by atoms with Crippen LogP contribution in [0.5, 0.6) is 0 Å². The molecule has 0 aliphatic carbocycles. The minimum atomic E-state index is -0.755. The van der Waals surface area contributed by atoms with E-state index >= 15 is 0 Å². The molecular formula is C14H20ClNO2. The first-order valence-electron chi connectivity index (χ1n) is 6.16. The van der Waals surface area contributed by atoms with Gasteiger partial charge in [-0.15, -0.1) is 0 Å². The Hall–Kier alpha value is -1.06. The van der Waals surface area contributed by atoms with E-state index < -0.39 is 5.97 Å². The number of aliphatic carboxylic acids is 1. The molecule has 0 amide bonds. The normalized spacial score (nSPS) is 11.2. The van der Waals surface area contributed by atoms with Crippen molar-refractivity contribution in [2.24, 2.45) is 5.92 Å². The van der Waals surface area contributed by atoms with Crippen LogP contribution in [0.2, 0.25) is 5.02 Å². The highest BCUT2D eigenvalue weighted by Gasteiger charge is 2.10. The van der Waals surface area contributed by atoms with Crippen molar-refractivity contribution in [3.8, 4) is 0 Å².